The second-order valence-corrected chi connectivity index (χ2v) is 30.4. The zero-order valence-electron chi connectivity index (χ0n) is 37.6. The molecule has 2 unspecified atom stereocenters. The van der Waals surface area contributed by atoms with Crippen molar-refractivity contribution in [2.24, 2.45) is 29.1 Å². The van der Waals surface area contributed by atoms with Crippen molar-refractivity contribution in [2.75, 3.05) is 6.61 Å². The van der Waals surface area contributed by atoms with Crippen molar-refractivity contribution in [3.8, 4) is 0 Å². The van der Waals surface area contributed by atoms with E-state index in [0.29, 0.717) is 36.4 Å². The normalized spacial score (nSPS) is 28.9. The summed E-state index contributed by atoms with van der Waals surface area (Å²) in [7, 11) is -4.01. The maximum Gasteiger partial charge on any atom is 0.333 e. The average molecular weight is 785 g/mol. The van der Waals surface area contributed by atoms with E-state index in [4.69, 9.17) is 20.2 Å². The zero-order valence-corrected chi connectivity index (χ0v) is 39.6. The number of rotatable bonds is 17. The molecule has 310 valence electrons. The van der Waals surface area contributed by atoms with Gasteiger partial charge in [0.15, 0.2) is 16.6 Å². The zero-order chi connectivity index (χ0) is 40.9. The molecule has 5 nitrogen and oxygen atoms in total. The number of fused-ring (bicyclic) bond motifs is 1. The van der Waals surface area contributed by atoms with Crippen molar-refractivity contribution < 1.29 is 23.5 Å². The lowest BCUT2D eigenvalue weighted by Gasteiger charge is -2.46. The monoisotopic (exact) mass is 785 g/mol. The van der Waals surface area contributed by atoms with Crippen LogP contribution in [0.1, 0.15) is 153 Å². The molecule has 0 aromatic carbocycles. The Morgan fingerprint density at radius 3 is 2.20 bits per heavy atom. The fraction of sp³-hybridized carbons (Fsp3) is 0.809. The van der Waals surface area contributed by atoms with E-state index < -0.39 is 22.7 Å². The van der Waals surface area contributed by atoms with Crippen molar-refractivity contribution in [2.45, 2.75) is 207 Å². The Morgan fingerprint density at radius 1 is 0.981 bits per heavy atom. The second-order valence-electron chi connectivity index (χ2n) is 20.8. The van der Waals surface area contributed by atoms with Crippen LogP contribution in [0.5, 0.6) is 0 Å². The first-order valence-electron chi connectivity index (χ1n) is 21.9. The molecule has 0 spiro atoms. The summed E-state index contributed by atoms with van der Waals surface area (Å²) in [6.45, 7) is 41.5. The van der Waals surface area contributed by atoms with Gasteiger partial charge in [0.25, 0.3) is 0 Å². The average Bonchev–Trinajstić information content (AvgIpc) is 3.41. The number of carbonyl (C=O) groups is 1. The van der Waals surface area contributed by atoms with E-state index in [0.717, 1.165) is 50.5 Å². The third-order valence-electron chi connectivity index (χ3n) is 14.9. The van der Waals surface area contributed by atoms with Crippen molar-refractivity contribution in [3.63, 3.8) is 0 Å². The first-order valence-corrected chi connectivity index (χ1v) is 27.7. The predicted molar refractivity (Wildman–Crippen MR) is 235 cm³/mol. The third kappa shape index (κ3) is 11.4. The van der Waals surface area contributed by atoms with Gasteiger partial charge in [-0.25, -0.2) is 4.79 Å². The molecular weight excluding hydrogens is 701 g/mol. The maximum absolute atomic E-state index is 12.8. The predicted octanol–water partition coefficient (Wildman–Crippen LogP) is 13.3. The molecule has 0 amide bonds. The highest BCUT2D eigenvalue weighted by atomic mass is 28.4. The molecule has 1 N–H and O–H groups in total. The molecule has 0 aromatic rings. The molecule has 3 rings (SSSR count). The molecule has 8 atom stereocenters. The van der Waals surface area contributed by atoms with E-state index in [1.165, 1.54) is 37.7 Å². The molecule has 0 bridgehead atoms. The second kappa shape index (κ2) is 19.0. The van der Waals surface area contributed by atoms with E-state index in [1.807, 2.05) is 6.92 Å². The van der Waals surface area contributed by atoms with Crippen LogP contribution >= 0.6 is 0 Å². The van der Waals surface area contributed by atoms with Crippen molar-refractivity contribution in [3.05, 3.63) is 47.6 Å². The van der Waals surface area contributed by atoms with Gasteiger partial charge in [0.2, 0.25) is 0 Å². The topological polar surface area (TPSA) is 65.0 Å². The van der Waals surface area contributed by atoms with Gasteiger partial charge >= 0.3 is 5.97 Å². The van der Waals surface area contributed by atoms with Crippen molar-refractivity contribution in [1.29, 1.82) is 0 Å². The van der Waals surface area contributed by atoms with Gasteiger partial charge in [0.05, 0.1) is 24.9 Å². The molecule has 3 fully saturated rings. The van der Waals surface area contributed by atoms with Crippen LogP contribution in [0, 0.1) is 29.1 Å². The standard InChI is InChI=1S/C47H84O5Si2/c1-17-19-20-21-24-39(35(5)44(49)50-18-2)42(48)30-33(3)40-27-28-41-36(23-22-29-47(40,41)12)25-26-37-31-38(51-53(13,14)45(6,7)8)32-43(34(37)4)52-54(15,16)46(9,10)11/h25-26,33,38-43,48H,4-5,17-24,27-32H2,1-3,6-16H3/t33-,38-,39?,40-,41+,42?,43+,47-/m1/s1. The summed E-state index contributed by atoms with van der Waals surface area (Å²) in [5.41, 5.74) is 4.66. The SMILES string of the molecule is C=C(C(=O)OCC)C(CCCCCC)C(O)C[C@@H](C)[C@H]1CC[C@H]2C(=CC=C3C[C@@H](O[Si](C)(C)C(C)(C)C)C[C@H](O[Si](C)(C)C(C)(C)C)C3=C)CCC[C@]12C. The lowest BCUT2D eigenvalue weighted by Crippen LogP contribution is -2.49. The number of esters is 1. The van der Waals surface area contributed by atoms with E-state index in [9.17, 15) is 9.90 Å². The number of hydrogen-bond acceptors (Lipinski definition) is 5. The number of ether oxygens (including phenoxy) is 1. The summed E-state index contributed by atoms with van der Waals surface area (Å²) in [4.78, 5) is 12.8. The Kier molecular flexibility index (Phi) is 16.6. The van der Waals surface area contributed by atoms with Gasteiger partial charge in [0.1, 0.15) is 0 Å². The molecule has 0 aliphatic heterocycles. The van der Waals surface area contributed by atoms with Gasteiger partial charge in [-0.15, -0.1) is 0 Å². The molecule has 0 radical (unpaired) electrons. The van der Waals surface area contributed by atoms with Crippen molar-refractivity contribution >= 4 is 22.6 Å². The molecule has 3 aliphatic carbocycles. The van der Waals surface area contributed by atoms with Crippen LogP contribution in [-0.2, 0) is 18.4 Å². The minimum absolute atomic E-state index is 0.0193. The fourth-order valence-corrected chi connectivity index (χ4v) is 12.1. The molecule has 3 saturated carbocycles. The van der Waals surface area contributed by atoms with Gasteiger partial charge in [0, 0.05) is 17.9 Å². The van der Waals surface area contributed by atoms with E-state index in [-0.39, 0.29) is 39.6 Å². The number of aliphatic hydroxyl groups is 1. The summed E-state index contributed by atoms with van der Waals surface area (Å²) in [5, 5.41) is 12.0. The van der Waals surface area contributed by atoms with Gasteiger partial charge in [-0.2, -0.15) is 0 Å². The minimum atomic E-state index is -2.03. The third-order valence-corrected chi connectivity index (χ3v) is 23.9. The van der Waals surface area contributed by atoms with Crippen LogP contribution in [0.4, 0.5) is 0 Å². The summed E-state index contributed by atoms with van der Waals surface area (Å²) in [6.07, 6.45) is 18.0. The molecule has 0 saturated heterocycles. The quantitative estimate of drug-likeness (QED) is 0.0689. The number of unbranched alkanes of at least 4 members (excludes halogenated alkanes) is 3. The van der Waals surface area contributed by atoms with Gasteiger partial charge in [-0.1, -0.05) is 119 Å². The number of aliphatic hydroxyl groups excluding tert-OH is 1. The van der Waals surface area contributed by atoms with Crippen LogP contribution in [0.3, 0.4) is 0 Å². The highest BCUT2D eigenvalue weighted by Crippen LogP contribution is 2.60. The van der Waals surface area contributed by atoms with Crippen LogP contribution in [0.2, 0.25) is 36.3 Å². The molecule has 54 heavy (non-hydrogen) atoms. The Bertz CT molecular complexity index is 1350. The van der Waals surface area contributed by atoms with Crippen molar-refractivity contribution in [1.82, 2.24) is 0 Å². The van der Waals surface area contributed by atoms with Gasteiger partial charge < -0.3 is 18.7 Å². The molecule has 0 heterocycles. The first kappa shape index (κ1) is 47.1. The molecule has 3 aliphatic rings. The molecule has 0 aromatic heterocycles. The van der Waals surface area contributed by atoms with E-state index in [1.54, 1.807) is 5.57 Å². The van der Waals surface area contributed by atoms with E-state index in [2.05, 4.69) is 107 Å². The smallest absolute Gasteiger partial charge is 0.333 e. The van der Waals surface area contributed by atoms with E-state index >= 15 is 0 Å². The van der Waals surface area contributed by atoms with Crippen LogP contribution in [0.15, 0.2) is 47.6 Å². The molecule has 7 heteroatoms. The number of carbonyl (C=O) groups excluding carboxylic acids is 1. The largest absolute Gasteiger partial charge is 0.463 e. The first-order chi connectivity index (χ1) is 24.9. The minimum Gasteiger partial charge on any atom is -0.463 e. The molecular formula is C47H84O5Si2. The summed E-state index contributed by atoms with van der Waals surface area (Å²) in [5.74, 6) is 0.812. The summed E-state index contributed by atoms with van der Waals surface area (Å²) < 4.78 is 19.6. The summed E-state index contributed by atoms with van der Waals surface area (Å²) in [6, 6.07) is 0. The lowest BCUT2D eigenvalue weighted by molar-refractivity contribution is -0.139. The number of hydrogen-bond donors (Lipinski definition) is 1. The van der Waals surface area contributed by atoms with Gasteiger partial charge in [-0.3, -0.25) is 0 Å². The van der Waals surface area contributed by atoms with Crippen LogP contribution < -0.4 is 0 Å². The summed E-state index contributed by atoms with van der Waals surface area (Å²) >= 11 is 0. The van der Waals surface area contributed by atoms with Gasteiger partial charge in [-0.05, 0) is 129 Å². The Labute approximate surface area is 335 Å². The van der Waals surface area contributed by atoms with Crippen LogP contribution in [-0.4, -0.2) is 52.6 Å². The highest BCUT2D eigenvalue weighted by Gasteiger charge is 2.51. The maximum atomic E-state index is 12.8. The fourth-order valence-electron chi connectivity index (χ4n) is 9.45. The highest BCUT2D eigenvalue weighted by molar-refractivity contribution is 6.74. The van der Waals surface area contributed by atoms with Crippen LogP contribution in [0.25, 0.3) is 0 Å². The Morgan fingerprint density at radius 2 is 1.61 bits per heavy atom. The lowest BCUT2D eigenvalue weighted by atomic mass is 9.60. The Balaban J connectivity index is 1.86. The Hall–Kier alpha value is -1.26. The number of allylic oxidation sites excluding steroid dienone is 3.